The summed E-state index contributed by atoms with van der Waals surface area (Å²) in [5.41, 5.74) is 7.54. The van der Waals surface area contributed by atoms with Crippen molar-refractivity contribution in [2.45, 2.75) is 26.5 Å². The van der Waals surface area contributed by atoms with Crippen LogP contribution < -0.4 is 16.6 Å². The van der Waals surface area contributed by atoms with E-state index in [1.807, 2.05) is 25.1 Å². The van der Waals surface area contributed by atoms with Crippen LogP contribution in [0.2, 0.25) is 0 Å². The van der Waals surface area contributed by atoms with Gasteiger partial charge in [0.1, 0.15) is 35.6 Å². The number of aryl methyl sites for hydroxylation is 1. The van der Waals surface area contributed by atoms with Crippen molar-refractivity contribution in [3.8, 4) is 17.5 Å². The van der Waals surface area contributed by atoms with Crippen molar-refractivity contribution in [1.29, 1.82) is 5.41 Å². The third-order valence-electron chi connectivity index (χ3n) is 5.40. The monoisotopic (exact) mass is 470 g/mol. The van der Waals surface area contributed by atoms with Crippen molar-refractivity contribution in [2.24, 2.45) is 0 Å². The number of nitrogens with one attached hydrogen (secondary N) is 2. The first-order valence-corrected chi connectivity index (χ1v) is 10.8. The van der Waals surface area contributed by atoms with E-state index in [9.17, 15) is 14.3 Å². The first kappa shape index (κ1) is 23.6. The lowest BCUT2D eigenvalue weighted by molar-refractivity contribution is 0.253. The fourth-order valence-electron chi connectivity index (χ4n) is 3.77. The van der Waals surface area contributed by atoms with E-state index >= 15 is 0 Å². The van der Waals surface area contributed by atoms with Gasteiger partial charge in [-0.25, -0.2) is 14.4 Å². The second-order valence-electron chi connectivity index (χ2n) is 7.92. The summed E-state index contributed by atoms with van der Waals surface area (Å²) in [6.45, 7) is 3.46. The quantitative estimate of drug-likeness (QED) is 0.262. The van der Waals surface area contributed by atoms with Crippen LogP contribution in [-0.4, -0.2) is 31.5 Å². The van der Waals surface area contributed by atoms with Crippen molar-refractivity contribution in [1.82, 2.24) is 14.5 Å². The van der Waals surface area contributed by atoms with Crippen molar-refractivity contribution >= 4 is 28.1 Å². The minimum atomic E-state index is -0.917. The molecule has 1 atom stereocenters. The van der Waals surface area contributed by atoms with Gasteiger partial charge >= 0.3 is 0 Å². The van der Waals surface area contributed by atoms with Crippen LogP contribution in [0.5, 0.6) is 0 Å². The van der Waals surface area contributed by atoms with Crippen LogP contribution in [0.4, 0.5) is 16.0 Å². The van der Waals surface area contributed by atoms with Gasteiger partial charge in [-0.3, -0.25) is 14.8 Å². The normalized spacial score (nSPS) is 11.5. The molecule has 0 fully saturated rings. The third-order valence-corrected chi connectivity index (χ3v) is 5.40. The lowest BCUT2D eigenvalue weighted by Gasteiger charge is -2.18. The fraction of sp³-hybridized carbons (Fsp3) is 0.154. The number of aliphatic hydroxyl groups excluding tert-OH is 1. The number of benzene rings is 2. The van der Waals surface area contributed by atoms with Crippen molar-refractivity contribution < 1.29 is 9.50 Å². The second kappa shape index (κ2) is 9.75. The zero-order chi connectivity index (χ0) is 25.1. The number of anilines is 2. The first-order chi connectivity index (χ1) is 16.8. The lowest BCUT2D eigenvalue weighted by Crippen LogP contribution is -2.25. The van der Waals surface area contributed by atoms with Crippen molar-refractivity contribution in [3.05, 3.63) is 87.9 Å². The number of fused-ring (bicyclic) bond motifs is 1. The number of rotatable bonds is 5. The summed E-state index contributed by atoms with van der Waals surface area (Å²) < 4.78 is 16.1. The summed E-state index contributed by atoms with van der Waals surface area (Å²) in [4.78, 5) is 21.6. The highest BCUT2D eigenvalue weighted by molar-refractivity contribution is 6.16. The molecule has 176 valence electrons. The average Bonchev–Trinajstić information content (AvgIpc) is 2.82. The molecular formula is C26H23FN6O2. The van der Waals surface area contributed by atoms with Gasteiger partial charge in [0.25, 0.3) is 5.56 Å². The van der Waals surface area contributed by atoms with E-state index in [-0.39, 0.29) is 34.8 Å². The maximum atomic E-state index is 14.6. The highest BCUT2D eigenvalue weighted by Gasteiger charge is 2.17. The first-order valence-electron chi connectivity index (χ1n) is 10.8. The van der Waals surface area contributed by atoms with E-state index in [0.29, 0.717) is 16.8 Å². The molecule has 0 spiro atoms. The molecular weight excluding hydrogens is 447 g/mol. The molecule has 2 aromatic carbocycles. The van der Waals surface area contributed by atoms with Gasteiger partial charge in [0.05, 0.1) is 23.2 Å². The number of aliphatic hydroxyl groups is 1. The molecule has 0 saturated heterocycles. The van der Waals surface area contributed by atoms with E-state index < -0.39 is 17.5 Å². The van der Waals surface area contributed by atoms with Crippen LogP contribution in [0.1, 0.15) is 23.7 Å². The van der Waals surface area contributed by atoms with Crippen molar-refractivity contribution in [3.63, 3.8) is 0 Å². The summed E-state index contributed by atoms with van der Waals surface area (Å²) in [5, 5.41) is 21.3. The molecule has 0 aliphatic carbocycles. The molecule has 35 heavy (non-hydrogen) atoms. The number of halogens is 1. The number of aromatic nitrogens is 3. The van der Waals surface area contributed by atoms with Crippen molar-refractivity contribution in [2.75, 3.05) is 11.1 Å². The molecule has 1 unspecified atom stereocenters. The molecule has 9 heteroatoms. The maximum Gasteiger partial charge on any atom is 0.266 e. The zero-order valence-electron chi connectivity index (χ0n) is 19.1. The van der Waals surface area contributed by atoms with E-state index in [2.05, 4.69) is 27.1 Å². The molecule has 0 saturated carbocycles. The van der Waals surface area contributed by atoms with E-state index in [4.69, 9.17) is 11.1 Å². The zero-order valence-corrected chi connectivity index (χ0v) is 19.1. The fourth-order valence-corrected chi connectivity index (χ4v) is 3.77. The molecule has 0 aliphatic heterocycles. The SMILES string of the molecule is Cc1ccccc1-n1c(CNc2ncnc(N)c2C(=N)C#CC(C)O)cc2cccc(F)c2c1=O. The van der Waals surface area contributed by atoms with Gasteiger partial charge in [-0.05, 0) is 48.9 Å². The highest BCUT2D eigenvalue weighted by Crippen LogP contribution is 2.23. The Kier molecular flexibility index (Phi) is 6.57. The largest absolute Gasteiger partial charge is 0.383 e. The molecule has 5 N–H and O–H groups in total. The molecule has 2 aromatic heterocycles. The van der Waals surface area contributed by atoms with Crippen LogP contribution in [0.25, 0.3) is 16.5 Å². The molecule has 0 bridgehead atoms. The Labute approximate surface area is 200 Å². The third kappa shape index (κ3) is 4.74. The summed E-state index contributed by atoms with van der Waals surface area (Å²) in [5.74, 6) is 4.75. The van der Waals surface area contributed by atoms with Gasteiger partial charge in [0, 0.05) is 5.69 Å². The van der Waals surface area contributed by atoms with Gasteiger partial charge in [0.2, 0.25) is 0 Å². The number of para-hydroxylation sites is 1. The predicted octanol–water partition coefficient (Wildman–Crippen LogP) is 3.17. The highest BCUT2D eigenvalue weighted by atomic mass is 19.1. The Morgan fingerprint density at radius 1 is 1.26 bits per heavy atom. The van der Waals surface area contributed by atoms with Gasteiger partial charge < -0.3 is 16.2 Å². The Hall–Kier alpha value is -4.55. The topological polar surface area (TPSA) is 130 Å². The summed E-state index contributed by atoms with van der Waals surface area (Å²) in [6.07, 6.45) is 0.333. The maximum absolute atomic E-state index is 14.6. The van der Waals surface area contributed by atoms with E-state index in [1.54, 1.807) is 24.3 Å². The van der Waals surface area contributed by atoms with E-state index in [1.165, 1.54) is 23.9 Å². The number of nitrogens with zero attached hydrogens (tertiary/aromatic N) is 3. The van der Waals surface area contributed by atoms with E-state index in [0.717, 1.165) is 5.56 Å². The molecule has 2 heterocycles. The Morgan fingerprint density at radius 2 is 2.03 bits per heavy atom. The molecule has 4 rings (SSSR count). The Morgan fingerprint density at radius 3 is 2.77 bits per heavy atom. The summed E-state index contributed by atoms with van der Waals surface area (Å²) in [6, 6.07) is 13.6. The average molecular weight is 471 g/mol. The second-order valence-corrected chi connectivity index (χ2v) is 7.92. The minimum absolute atomic E-state index is 0.00153. The van der Waals surface area contributed by atoms with Gasteiger partial charge in [-0.15, -0.1) is 0 Å². The van der Waals surface area contributed by atoms with Gasteiger partial charge in [-0.2, -0.15) is 0 Å². The van der Waals surface area contributed by atoms with Crippen LogP contribution in [0, 0.1) is 30.0 Å². The van der Waals surface area contributed by atoms with Crippen LogP contribution in [-0.2, 0) is 6.54 Å². The number of hydrogen-bond donors (Lipinski definition) is 4. The van der Waals surface area contributed by atoms with Crippen LogP contribution in [0.15, 0.2) is 59.7 Å². The Balaban J connectivity index is 1.83. The Bertz CT molecular complexity index is 1570. The van der Waals surface area contributed by atoms with Crippen LogP contribution in [0.3, 0.4) is 0 Å². The molecule has 0 aliphatic rings. The molecule has 0 radical (unpaired) electrons. The molecule has 8 nitrogen and oxygen atoms in total. The number of pyridine rings is 1. The molecule has 0 amide bonds. The summed E-state index contributed by atoms with van der Waals surface area (Å²) in [7, 11) is 0. The minimum Gasteiger partial charge on any atom is -0.383 e. The standard InChI is InChI=1S/C26H23FN6O2/c1-15-6-3-4-9-21(15)33-18(12-17-7-5-8-19(27)22(17)26(33)35)13-30-25-23(24(29)31-14-32-25)20(28)11-10-16(2)34/h3-9,12,14,16,28,34H,13H2,1-2H3,(H3,29,30,31,32). The molecule has 4 aromatic rings. The number of nitrogens with two attached hydrogens (primary N) is 1. The van der Waals surface area contributed by atoms with Gasteiger partial charge in [-0.1, -0.05) is 36.3 Å². The predicted molar refractivity (Wildman–Crippen MR) is 134 cm³/mol. The van der Waals surface area contributed by atoms with Gasteiger partial charge in [0.15, 0.2) is 0 Å². The number of hydrogen-bond acceptors (Lipinski definition) is 7. The number of nitrogen functional groups attached to an aromatic ring is 1. The summed E-state index contributed by atoms with van der Waals surface area (Å²) >= 11 is 0. The smallest absolute Gasteiger partial charge is 0.266 e. The lowest BCUT2D eigenvalue weighted by atomic mass is 10.1. The van der Waals surface area contributed by atoms with Crippen LogP contribution >= 0.6 is 0 Å².